The number of likely N-dealkylation sites (N-methyl/N-ethyl adjacent to an activating group) is 1. The average Bonchev–Trinajstić information content (AvgIpc) is 3.20. The van der Waals surface area contributed by atoms with Crippen LogP contribution in [0.25, 0.3) is 5.69 Å². The van der Waals surface area contributed by atoms with Gasteiger partial charge in [-0.15, -0.1) is 10.2 Å². The predicted molar refractivity (Wildman–Crippen MR) is 124 cm³/mol. The molecule has 1 aromatic heterocycles. The van der Waals surface area contributed by atoms with E-state index in [-0.39, 0.29) is 11.7 Å². The first-order valence-corrected chi connectivity index (χ1v) is 11.1. The highest BCUT2D eigenvalue weighted by Gasteiger charge is 2.27. The number of carbonyl (C=O) groups is 1. The van der Waals surface area contributed by atoms with Crippen molar-refractivity contribution in [1.29, 1.82) is 0 Å². The van der Waals surface area contributed by atoms with Crippen molar-refractivity contribution in [1.82, 2.24) is 19.7 Å². The molecule has 0 radical (unpaired) electrons. The highest BCUT2D eigenvalue weighted by molar-refractivity contribution is 8.00. The van der Waals surface area contributed by atoms with Crippen LogP contribution in [0, 0.1) is 5.82 Å². The molecule has 162 valence electrons. The topological polar surface area (TPSA) is 51.0 Å². The number of rotatable bonds is 7. The number of nitrogens with zero attached hydrogens (tertiary/aromatic N) is 4. The second kappa shape index (κ2) is 9.78. The average molecular weight is 447 g/mol. The van der Waals surface area contributed by atoms with E-state index in [0.29, 0.717) is 11.6 Å². The largest absolute Gasteiger partial charge is 0.348 e. The molecule has 1 atom stereocenters. The lowest BCUT2D eigenvalue weighted by molar-refractivity contribution is -0.128. The van der Waals surface area contributed by atoms with E-state index in [2.05, 4.69) is 10.2 Å². The molecule has 0 bridgehead atoms. The van der Waals surface area contributed by atoms with Crippen LogP contribution in [-0.4, -0.2) is 39.7 Å². The highest BCUT2D eigenvalue weighted by atomic mass is 32.2. The van der Waals surface area contributed by atoms with Gasteiger partial charge in [0.2, 0.25) is 5.91 Å². The summed E-state index contributed by atoms with van der Waals surface area (Å²) in [5.41, 5.74) is 2.71. The van der Waals surface area contributed by atoms with Crippen LogP contribution in [0.1, 0.15) is 22.2 Å². The van der Waals surface area contributed by atoms with Gasteiger partial charge >= 0.3 is 0 Å². The van der Waals surface area contributed by atoms with Crippen molar-refractivity contribution in [3.05, 3.63) is 108 Å². The minimum Gasteiger partial charge on any atom is -0.348 e. The van der Waals surface area contributed by atoms with Crippen molar-refractivity contribution < 1.29 is 9.18 Å². The molecular formula is C25H23FN4OS. The smallest absolute Gasteiger partial charge is 0.240 e. The van der Waals surface area contributed by atoms with Crippen molar-refractivity contribution >= 4 is 17.7 Å². The number of hydrogen-bond acceptors (Lipinski definition) is 4. The van der Waals surface area contributed by atoms with E-state index in [1.807, 2.05) is 65.2 Å². The number of carbonyl (C=O) groups excluding carboxylic acids is 1. The zero-order chi connectivity index (χ0) is 22.5. The summed E-state index contributed by atoms with van der Waals surface area (Å²) in [5, 5.41) is 8.95. The Morgan fingerprint density at radius 3 is 2.19 bits per heavy atom. The van der Waals surface area contributed by atoms with Crippen LogP contribution < -0.4 is 0 Å². The third-order valence-electron chi connectivity index (χ3n) is 4.98. The fraction of sp³-hybridized carbons (Fsp3) is 0.160. The zero-order valence-corrected chi connectivity index (χ0v) is 18.7. The normalized spacial score (nSPS) is 11.8. The van der Waals surface area contributed by atoms with E-state index in [1.165, 1.54) is 23.9 Å². The maximum absolute atomic E-state index is 13.6. The van der Waals surface area contributed by atoms with Gasteiger partial charge in [0, 0.05) is 26.2 Å². The molecule has 0 aliphatic rings. The molecule has 0 aliphatic carbocycles. The standard InChI is InChI=1S/C25H23FN4OS/c1-29(2)24(31)23(19-11-7-4-8-12-19)32-25-28-27-22(17-18-9-5-3-6-10-18)30(25)21-15-13-20(26)14-16-21/h3-16,23H,17H2,1-2H3/t23-/m1/s1. The summed E-state index contributed by atoms with van der Waals surface area (Å²) >= 11 is 1.34. The van der Waals surface area contributed by atoms with Gasteiger partial charge in [-0.2, -0.15) is 0 Å². The minimum atomic E-state index is -0.487. The van der Waals surface area contributed by atoms with Crippen LogP contribution in [0.4, 0.5) is 4.39 Å². The summed E-state index contributed by atoms with van der Waals surface area (Å²) in [6.07, 6.45) is 0.559. The third kappa shape index (κ3) is 4.89. The fourth-order valence-corrected chi connectivity index (χ4v) is 4.57. The molecule has 32 heavy (non-hydrogen) atoms. The Bertz CT molecular complexity index is 1180. The molecule has 1 heterocycles. The molecule has 5 nitrogen and oxygen atoms in total. The molecular weight excluding hydrogens is 423 g/mol. The first-order chi connectivity index (χ1) is 15.5. The van der Waals surface area contributed by atoms with Gasteiger partial charge in [0.25, 0.3) is 0 Å². The third-order valence-corrected chi connectivity index (χ3v) is 6.17. The molecule has 3 aromatic carbocycles. The fourth-order valence-electron chi connectivity index (χ4n) is 3.35. The number of benzene rings is 3. The summed E-state index contributed by atoms with van der Waals surface area (Å²) in [6, 6.07) is 25.8. The first kappa shape index (κ1) is 21.8. The number of amides is 1. The molecule has 0 aliphatic heterocycles. The Hall–Kier alpha value is -3.45. The second-order valence-corrected chi connectivity index (χ2v) is 8.59. The van der Waals surface area contributed by atoms with Gasteiger partial charge < -0.3 is 4.90 Å². The van der Waals surface area contributed by atoms with Crippen LogP contribution in [-0.2, 0) is 11.2 Å². The molecule has 0 N–H and O–H groups in total. The molecule has 4 rings (SSSR count). The van der Waals surface area contributed by atoms with Gasteiger partial charge in [0.1, 0.15) is 16.9 Å². The summed E-state index contributed by atoms with van der Waals surface area (Å²) in [4.78, 5) is 14.6. The molecule has 4 aromatic rings. The van der Waals surface area contributed by atoms with Gasteiger partial charge in [-0.1, -0.05) is 72.4 Å². The summed E-state index contributed by atoms with van der Waals surface area (Å²) < 4.78 is 15.5. The monoisotopic (exact) mass is 446 g/mol. The number of thioether (sulfide) groups is 1. The first-order valence-electron chi connectivity index (χ1n) is 10.2. The lowest BCUT2D eigenvalue weighted by atomic mass is 10.1. The van der Waals surface area contributed by atoms with Gasteiger partial charge in [-0.25, -0.2) is 4.39 Å². The van der Waals surface area contributed by atoms with Crippen molar-refractivity contribution in [3.8, 4) is 5.69 Å². The summed E-state index contributed by atoms with van der Waals surface area (Å²) in [7, 11) is 3.48. The molecule has 0 saturated carbocycles. The van der Waals surface area contributed by atoms with Crippen LogP contribution >= 0.6 is 11.8 Å². The minimum absolute atomic E-state index is 0.0422. The number of aromatic nitrogens is 3. The van der Waals surface area contributed by atoms with E-state index in [0.717, 1.165) is 22.6 Å². The SMILES string of the molecule is CN(C)C(=O)[C@H](Sc1nnc(Cc2ccccc2)n1-c1ccc(F)cc1)c1ccccc1. The van der Waals surface area contributed by atoms with Crippen molar-refractivity contribution in [2.75, 3.05) is 14.1 Å². The molecule has 0 spiro atoms. The zero-order valence-electron chi connectivity index (χ0n) is 17.9. The van der Waals surface area contributed by atoms with Crippen LogP contribution in [0.15, 0.2) is 90.1 Å². The van der Waals surface area contributed by atoms with Crippen LogP contribution in [0.2, 0.25) is 0 Å². The van der Waals surface area contributed by atoms with Gasteiger partial charge in [0.05, 0.1) is 0 Å². The summed E-state index contributed by atoms with van der Waals surface area (Å²) in [6.45, 7) is 0. The van der Waals surface area contributed by atoms with Gasteiger partial charge in [0.15, 0.2) is 5.16 Å². The lowest BCUT2D eigenvalue weighted by Crippen LogP contribution is -2.27. The van der Waals surface area contributed by atoms with E-state index in [4.69, 9.17) is 0 Å². The quantitative estimate of drug-likeness (QED) is 0.378. The molecule has 0 saturated heterocycles. The van der Waals surface area contributed by atoms with Crippen molar-refractivity contribution in [3.63, 3.8) is 0 Å². The molecule has 0 fully saturated rings. The Morgan fingerprint density at radius 1 is 0.938 bits per heavy atom. The van der Waals surface area contributed by atoms with Gasteiger partial charge in [-0.3, -0.25) is 9.36 Å². The van der Waals surface area contributed by atoms with Gasteiger partial charge in [-0.05, 0) is 35.4 Å². The highest BCUT2D eigenvalue weighted by Crippen LogP contribution is 2.37. The van der Waals surface area contributed by atoms with E-state index in [9.17, 15) is 9.18 Å². The maximum Gasteiger partial charge on any atom is 0.240 e. The Balaban J connectivity index is 1.77. The Morgan fingerprint density at radius 2 is 1.56 bits per heavy atom. The van der Waals surface area contributed by atoms with E-state index in [1.54, 1.807) is 31.1 Å². The Kier molecular flexibility index (Phi) is 6.66. The van der Waals surface area contributed by atoms with Crippen LogP contribution in [0.5, 0.6) is 0 Å². The second-order valence-electron chi connectivity index (χ2n) is 7.51. The molecule has 1 amide bonds. The molecule has 0 unspecified atom stereocenters. The van der Waals surface area contributed by atoms with Crippen molar-refractivity contribution in [2.45, 2.75) is 16.8 Å². The number of hydrogen-bond donors (Lipinski definition) is 0. The maximum atomic E-state index is 13.6. The predicted octanol–water partition coefficient (Wildman–Crippen LogP) is 4.92. The van der Waals surface area contributed by atoms with E-state index < -0.39 is 5.25 Å². The van der Waals surface area contributed by atoms with Crippen molar-refractivity contribution in [2.24, 2.45) is 0 Å². The lowest BCUT2D eigenvalue weighted by Gasteiger charge is -2.20. The number of halogens is 1. The van der Waals surface area contributed by atoms with Crippen LogP contribution in [0.3, 0.4) is 0 Å². The summed E-state index contributed by atoms with van der Waals surface area (Å²) in [5.74, 6) is 0.361. The van der Waals surface area contributed by atoms with E-state index >= 15 is 0 Å². The Labute approximate surface area is 190 Å². The molecule has 7 heteroatoms.